The average molecular weight is 333 g/mol. The van der Waals surface area contributed by atoms with Crippen LogP contribution < -0.4 is 4.90 Å². The second-order valence-corrected chi connectivity index (χ2v) is 6.32. The van der Waals surface area contributed by atoms with Gasteiger partial charge in [-0.1, -0.05) is 17.7 Å². The van der Waals surface area contributed by atoms with E-state index in [0.717, 1.165) is 22.5 Å². The van der Waals surface area contributed by atoms with E-state index >= 15 is 0 Å². The molecule has 3 heteroatoms. The Balaban J connectivity index is 2.27. The summed E-state index contributed by atoms with van der Waals surface area (Å²) in [5.74, 6) is 1.00. The molecule has 2 rings (SSSR count). The Labute approximate surface area is 130 Å². The Kier molecular flexibility index (Phi) is 4.48. The fourth-order valence-corrected chi connectivity index (χ4v) is 2.74. The third-order valence-electron chi connectivity index (χ3n) is 3.63. The lowest BCUT2D eigenvalue weighted by Crippen LogP contribution is -2.19. The van der Waals surface area contributed by atoms with Crippen LogP contribution in [0.1, 0.15) is 27.9 Å². The minimum atomic E-state index is 0.881. The number of nitrogens with zero attached hydrogens (tertiary/aromatic N) is 2. The van der Waals surface area contributed by atoms with Gasteiger partial charge in [-0.2, -0.15) is 0 Å². The predicted molar refractivity (Wildman–Crippen MR) is 89.4 cm³/mol. The molecule has 0 spiro atoms. The van der Waals surface area contributed by atoms with Crippen LogP contribution in [0.5, 0.6) is 0 Å². The van der Waals surface area contributed by atoms with Gasteiger partial charge in [-0.15, -0.1) is 0 Å². The molecular formula is C17H21BrN2. The van der Waals surface area contributed by atoms with Crippen LogP contribution in [-0.2, 0) is 6.54 Å². The molecule has 0 aliphatic rings. The van der Waals surface area contributed by atoms with Crippen molar-refractivity contribution in [3.05, 3.63) is 56.7 Å². The predicted octanol–water partition coefficient (Wildman–Crippen LogP) is 4.71. The second kappa shape index (κ2) is 5.96. The zero-order chi connectivity index (χ0) is 14.9. The van der Waals surface area contributed by atoms with E-state index in [2.05, 4.69) is 77.9 Å². The zero-order valence-electron chi connectivity index (χ0n) is 12.8. The Morgan fingerprint density at radius 3 is 2.20 bits per heavy atom. The van der Waals surface area contributed by atoms with Gasteiger partial charge in [-0.05, 0) is 72.4 Å². The normalized spacial score (nSPS) is 10.7. The summed E-state index contributed by atoms with van der Waals surface area (Å²) in [6, 6.07) is 8.60. The quantitative estimate of drug-likeness (QED) is 0.808. The monoisotopic (exact) mass is 332 g/mol. The second-order valence-electron chi connectivity index (χ2n) is 5.47. The molecule has 0 atom stereocenters. The van der Waals surface area contributed by atoms with Crippen molar-refractivity contribution < 1.29 is 0 Å². The van der Waals surface area contributed by atoms with Crippen molar-refractivity contribution in [2.75, 3.05) is 11.9 Å². The number of hydrogen-bond donors (Lipinski definition) is 0. The molecule has 0 saturated carbocycles. The summed E-state index contributed by atoms with van der Waals surface area (Å²) in [4.78, 5) is 6.82. The van der Waals surface area contributed by atoms with E-state index in [1.165, 1.54) is 22.3 Å². The Bertz CT molecular complexity index is 612. The van der Waals surface area contributed by atoms with Crippen molar-refractivity contribution in [3.8, 4) is 0 Å². The highest BCUT2D eigenvalue weighted by atomic mass is 79.9. The lowest BCUT2D eigenvalue weighted by atomic mass is 9.99. The van der Waals surface area contributed by atoms with Gasteiger partial charge in [0.1, 0.15) is 5.82 Å². The van der Waals surface area contributed by atoms with Gasteiger partial charge in [-0.25, -0.2) is 4.98 Å². The maximum absolute atomic E-state index is 4.62. The molecule has 0 N–H and O–H groups in total. The lowest BCUT2D eigenvalue weighted by molar-refractivity contribution is 0.876. The van der Waals surface area contributed by atoms with Crippen molar-refractivity contribution >= 4 is 21.7 Å². The highest BCUT2D eigenvalue weighted by molar-refractivity contribution is 9.10. The topological polar surface area (TPSA) is 16.1 Å². The first kappa shape index (κ1) is 15.0. The fraction of sp³-hybridized carbons (Fsp3) is 0.353. The van der Waals surface area contributed by atoms with Crippen LogP contribution in [0.3, 0.4) is 0 Å². The maximum atomic E-state index is 4.62. The molecule has 106 valence electrons. The summed E-state index contributed by atoms with van der Waals surface area (Å²) >= 11 is 3.50. The molecule has 1 aromatic heterocycles. The van der Waals surface area contributed by atoms with E-state index in [0.29, 0.717) is 0 Å². The third kappa shape index (κ3) is 3.21. The minimum Gasteiger partial charge on any atom is -0.355 e. The molecule has 1 aromatic carbocycles. The van der Waals surface area contributed by atoms with Crippen LogP contribution in [0.25, 0.3) is 0 Å². The number of pyridine rings is 1. The van der Waals surface area contributed by atoms with Crippen LogP contribution >= 0.6 is 15.9 Å². The van der Waals surface area contributed by atoms with Crippen LogP contribution in [0, 0.1) is 27.7 Å². The zero-order valence-corrected chi connectivity index (χ0v) is 14.4. The lowest BCUT2D eigenvalue weighted by Gasteiger charge is -2.22. The number of hydrogen-bond acceptors (Lipinski definition) is 2. The first-order chi connectivity index (χ1) is 9.38. The summed E-state index contributed by atoms with van der Waals surface area (Å²) < 4.78 is 1.05. The summed E-state index contributed by atoms with van der Waals surface area (Å²) in [6.07, 6.45) is 0. The number of anilines is 1. The Morgan fingerprint density at radius 1 is 1.05 bits per heavy atom. The van der Waals surface area contributed by atoms with Crippen LogP contribution in [0.4, 0.5) is 5.82 Å². The van der Waals surface area contributed by atoms with Gasteiger partial charge >= 0.3 is 0 Å². The average Bonchev–Trinajstić information content (AvgIpc) is 2.36. The van der Waals surface area contributed by atoms with Crippen molar-refractivity contribution in [2.24, 2.45) is 0 Å². The summed E-state index contributed by atoms with van der Waals surface area (Å²) in [6.45, 7) is 9.41. The van der Waals surface area contributed by atoms with Crippen molar-refractivity contribution in [2.45, 2.75) is 34.2 Å². The molecule has 2 aromatic rings. The van der Waals surface area contributed by atoms with E-state index in [9.17, 15) is 0 Å². The molecular weight excluding hydrogens is 312 g/mol. The minimum absolute atomic E-state index is 0.881. The molecule has 0 aliphatic heterocycles. The van der Waals surface area contributed by atoms with Gasteiger partial charge < -0.3 is 4.90 Å². The first-order valence-electron chi connectivity index (χ1n) is 6.79. The van der Waals surface area contributed by atoms with Crippen LogP contribution in [-0.4, -0.2) is 12.0 Å². The van der Waals surface area contributed by atoms with Gasteiger partial charge in [-0.3, -0.25) is 0 Å². The maximum Gasteiger partial charge on any atom is 0.128 e. The fourth-order valence-electron chi connectivity index (χ4n) is 2.52. The molecule has 20 heavy (non-hydrogen) atoms. The van der Waals surface area contributed by atoms with Crippen molar-refractivity contribution in [1.82, 2.24) is 4.98 Å². The van der Waals surface area contributed by atoms with Gasteiger partial charge in [0.15, 0.2) is 0 Å². The summed E-state index contributed by atoms with van der Waals surface area (Å²) in [5.41, 5.74) is 6.43. The van der Waals surface area contributed by atoms with E-state index in [1.54, 1.807) is 0 Å². The molecule has 1 heterocycles. The molecule has 0 bridgehead atoms. The highest BCUT2D eigenvalue weighted by Gasteiger charge is 2.09. The standard InChI is InChI=1S/C17H21BrN2/c1-11-8-12(2)15(13(3)9-11)10-20(5)17-7-6-16(18)14(4)19-17/h6-9H,10H2,1-5H3. The molecule has 0 unspecified atom stereocenters. The van der Waals surface area contributed by atoms with Gasteiger partial charge in [0.05, 0.1) is 5.69 Å². The van der Waals surface area contributed by atoms with E-state index in [-0.39, 0.29) is 0 Å². The third-order valence-corrected chi connectivity index (χ3v) is 4.47. The Hall–Kier alpha value is -1.35. The van der Waals surface area contributed by atoms with Gasteiger partial charge in [0.25, 0.3) is 0 Å². The number of halogens is 1. The van der Waals surface area contributed by atoms with E-state index in [1.807, 2.05) is 6.92 Å². The smallest absolute Gasteiger partial charge is 0.128 e. The Morgan fingerprint density at radius 2 is 1.65 bits per heavy atom. The first-order valence-corrected chi connectivity index (χ1v) is 7.59. The largest absolute Gasteiger partial charge is 0.355 e. The van der Waals surface area contributed by atoms with Crippen LogP contribution in [0.15, 0.2) is 28.7 Å². The van der Waals surface area contributed by atoms with Crippen molar-refractivity contribution in [1.29, 1.82) is 0 Å². The summed E-state index contributed by atoms with van der Waals surface area (Å²) in [7, 11) is 2.09. The number of aryl methyl sites for hydroxylation is 4. The van der Waals surface area contributed by atoms with Crippen LogP contribution in [0.2, 0.25) is 0 Å². The van der Waals surface area contributed by atoms with Crippen molar-refractivity contribution in [3.63, 3.8) is 0 Å². The molecule has 0 aliphatic carbocycles. The molecule has 0 radical (unpaired) electrons. The van der Waals surface area contributed by atoms with E-state index in [4.69, 9.17) is 0 Å². The molecule has 2 nitrogen and oxygen atoms in total. The number of aromatic nitrogens is 1. The molecule has 0 amide bonds. The number of rotatable bonds is 3. The molecule has 0 saturated heterocycles. The van der Waals surface area contributed by atoms with Gasteiger partial charge in [0, 0.05) is 18.1 Å². The number of benzene rings is 1. The summed E-state index contributed by atoms with van der Waals surface area (Å²) in [5, 5.41) is 0. The van der Waals surface area contributed by atoms with E-state index < -0.39 is 0 Å². The SMILES string of the molecule is Cc1cc(C)c(CN(C)c2ccc(Br)c(C)n2)c(C)c1. The van der Waals surface area contributed by atoms with Gasteiger partial charge in [0.2, 0.25) is 0 Å². The molecule has 0 fully saturated rings. The highest BCUT2D eigenvalue weighted by Crippen LogP contribution is 2.22.